The Labute approximate surface area is 43.1 Å². The number of nitrogens with two attached hydrogens (primary N) is 1. The van der Waals surface area contributed by atoms with Gasteiger partial charge in [0.05, 0.1) is 6.21 Å². The van der Waals surface area contributed by atoms with Crippen molar-refractivity contribution in [3.05, 3.63) is 0 Å². The standard InChI is InChI=1S/C4H10N2O/c1-4(5)3-6-7-2/h3-4H,5H2,1-2H3. The molecule has 0 rings (SSSR count). The van der Waals surface area contributed by atoms with Crippen LogP contribution in [-0.2, 0) is 4.84 Å². The minimum absolute atomic E-state index is 0.0139. The molecule has 0 saturated carbocycles. The van der Waals surface area contributed by atoms with Crippen LogP contribution in [0.4, 0.5) is 0 Å². The van der Waals surface area contributed by atoms with Gasteiger partial charge in [-0.25, -0.2) is 0 Å². The van der Waals surface area contributed by atoms with Gasteiger partial charge in [0.25, 0.3) is 0 Å². The summed E-state index contributed by atoms with van der Waals surface area (Å²) in [5.41, 5.74) is 5.25. The topological polar surface area (TPSA) is 47.6 Å². The molecule has 7 heavy (non-hydrogen) atoms. The predicted octanol–water partition coefficient (Wildman–Crippen LogP) is -0.0342. The van der Waals surface area contributed by atoms with E-state index in [4.69, 9.17) is 5.73 Å². The van der Waals surface area contributed by atoms with Crippen LogP contribution in [0.5, 0.6) is 0 Å². The Morgan fingerprint density at radius 3 is 2.57 bits per heavy atom. The Kier molecular flexibility index (Phi) is 3.32. The molecule has 0 fully saturated rings. The molecule has 3 heteroatoms. The fourth-order valence-corrected chi connectivity index (χ4v) is 0.157. The molecule has 3 nitrogen and oxygen atoms in total. The number of hydrogen-bond acceptors (Lipinski definition) is 3. The van der Waals surface area contributed by atoms with Crippen molar-refractivity contribution in [1.29, 1.82) is 0 Å². The summed E-state index contributed by atoms with van der Waals surface area (Å²) in [5.74, 6) is 0. The van der Waals surface area contributed by atoms with E-state index in [0.717, 1.165) is 0 Å². The molecule has 0 saturated heterocycles. The Morgan fingerprint density at radius 2 is 2.43 bits per heavy atom. The second-order valence-electron chi connectivity index (χ2n) is 1.30. The molecule has 1 unspecified atom stereocenters. The van der Waals surface area contributed by atoms with Crippen LogP contribution < -0.4 is 5.73 Å². The second kappa shape index (κ2) is 3.61. The maximum atomic E-state index is 5.25. The molecule has 0 aromatic carbocycles. The van der Waals surface area contributed by atoms with Crippen LogP contribution in [0, 0.1) is 0 Å². The van der Waals surface area contributed by atoms with Crippen LogP contribution in [0.1, 0.15) is 6.92 Å². The maximum absolute atomic E-state index is 5.25. The molecule has 0 aliphatic rings. The third-order valence-corrected chi connectivity index (χ3v) is 0.401. The van der Waals surface area contributed by atoms with Gasteiger partial charge in [-0.15, -0.1) is 0 Å². The molecule has 0 bridgehead atoms. The summed E-state index contributed by atoms with van der Waals surface area (Å²) in [7, 11) is 1.48. The highest BCUT2D eigenvalue weighted by molar-refractivity contribution is 5.62. The fraction of sp³-hybridized carbons (Fsp3) is 0.750. The maximum Gasteiger partial charge on any atom is 0.106 e. The van der Waals surface area contributed by atoms with E-state index in [1.54, 1.807) is 0 Å². The van der Waals surface area contributed by atoms with Gasteiger partial charge in [0.2, 0.25) is 0 Å². The molecule has 1 atom stereocenters. The number of hydrogen-bond donors (Lipinski definition) is 1. The Balaban J connectivity index is 3.08. The average molecular weight is 102 g/mol. The van der Waals surface area contributed by atoms with Gasteiger partial charge in [0.15, 0.2) is 0 Å². The van der Waals surface area contributed by atoms with Crippen LogP contribution in [0.15, 0.2) is 5.16 Å². The highest BCUT2D eigenvalue weighted by Gasteiger charge is 1.80. The van der Waals surface area contributed by atoms with E-state index in [1.165, 1.54) is 13.3 Å². The van der Waals surface area contributed by atoms with Crippen molar-refractivity contribution in [1.82, 2.24) is 0 Å². The lowest BCUT2D eigenvalue weighted by molar-refractivity contribution is 0.214. The van der Waals surface area contributed by atoms with E-state index in [0.29, 0.717) is 0 Å². The zero-order chi connectivity index (χ0) is 5.70. The largest absolute Gasteiger partial charge is 0.399 e. The summed E-state index contributed by atoms with van der Waals surface area (Å²) < 4.78 is 0. The van der Waals surface area contributed by atoms with Crippen molar-refractivity contribution in [3.8, 4) is 0 Å². The number of oxime groups is 1. The molecule has 0 amide bonds. The molecule has 0 aromatic rings. The lowest BCUT2D eigenvalue weighted by atomic mass is 10.4. The monoisotopic (exact) mass is 102 g/mol. The van der Waals surface area contributed by atoms with E-state index in [1.807, 2.05) is 6.92 Å². The Hall–Kier alpha value is -0.570. The summed E-state index contributed by atoms with van der Waals surface area (Å²) in [6, 6.07) is -0.0139. The molecule has 0 radical (unpaired) electrons. The van der Waals surface area contributed by atoms with Crippen LogP contribution in [0.2, 0.25) is 0 Å². The molecular formula is C4H10N2O. The zero-order valence-electron chi connectivity index (χ0n) is 4.59. The summed E-state index contributed by atoms with van der Waals surface area (Å²) in [6.07, 6.45) is 1.53. The second-order valence-corrected chi connectivity index (χ2v) is 1.30. The smallest absolute Gasteiger partial charge is 0.106 e. The van der Waals surface area contributed by atoms with E-state index in [-0.39, 0.29) is 6.04 Å². The molecule has 0 spiro atoms. The van der Waals surface area contributed by atoms with Crippen LogP contribution in [0.25, 0.3) is 0 Å². The van der Waals surface area contributed by atoms with E-state index in [2.05, 4.69) is 9.99 Å². The van der Waals surface area contributed by atoms with Gasteiger partial charge >= 0.3 is 0 Å². The SMILES string of the molecule is CON=CC(C)N. The summed E-state index contributed by atoms with van der Waals surface area (Å²) in [4.78, 5) is 4.34. The van der Waals surface area contributed by atoms with Gasteiger partial charge in [-0.3, -0.25) is 0 Å². The van der Waals surface area contributed by atoms with Crippen molar-refractivity contribution in [2.45, 2.75) is 13.0 Å². The van der Waals surface area contributed by atoms with E-state index < -0.39 is 0 Å². The first kappa shape index (κ1) is 6.43. The Bertz CT molecular complexity index is 60.7. The van der Waals surface area contributed by atoms with E-state index in [9.17, 15) is 0 Å². The highest BCUT2D eigenvalue weighted by Crippen LogP contribution is 1.67. The average Bonchev–Trinajstić information content (AvgIpc) is 1.61. The third-order valence-electron chi connectivity index (χ3n) is 0.401. The lowest BCUT2D eigenvalue weighted by Gasteiger charge is -1.89. The Morgan fingerprint density at radius 1 is 1.86 bits per heavy atom. The van der Waals surface area contributed by atoms with Gasteiger partial charge in [-0.1, -0.05) is 5.16 Å². The first-order chi connectivity index (χ1) is 3.27. The highest BCUT2D eigenvalue weighted by atomic mass is 16.6. The third kappa shape index (κ3) is 5.43. The van der Waals surface area contributed by atoms with Crippen molar-refractivity contribution in [2.75, 3.05) is 7.11 Å². The molecule has 0 heterocycles. The van der Waals surface area contributed by atoms with E-state index >= 15 is 0 Å². The van der Waals surface area contributed by atoms with Crippen molar-refractivity contribution < 1.29 is 4.84 Å². The number of rotatable bonds is 2. The quantitative estimate of drug-likeness (QED) is 0.393. The summed E-state index contributed by atoms with van der Waals surface area (Å²) >= 11 is 0. The molecular weight excluding hydrogens is 92.1 g/mol. The molecule has 0 aromatic heterocycles. The van der Waals surface area contributed by atoms with Gasteiger partial charge in [0, 0.05) is 6.04 Å². The van der Waals surface area contributed by atoms with Crippen molar-refractivity contribution >= 4 is 6.21 Å². The summed E-state index contributed by atoms with van der Waals surface area (Å²) in [5, 5.41) is 3.42. The lowest BCUT2D eigenvalue weighted by Crippen LogP contribution is -2.15. The normalized spacial score (nSPS) is 14.7. The first-order valence-corrected chi connectivity index (χ1v) is 2.09. The van der Waals surface area contributed by atoms with Crippen LogP contribution in [-0.4, -0.2) is 19.4 Å². The minimum Gasteiger partial charge on any atom is -0.399 e. The zero-order valence-corrected chi connectivity index (χ0v) is 4.59. The predicted molar refractivity (Wildman–Crippen MR) is 29.2 cm³/mol. The van der Waals surface area contributed by atoms with Gasteiger partial charge in [-0.05, 0) is 6.92 Å². The molecule has 0 aliphatic carbocycles. The van der Waals surface area contributed by atoms with Gasteiger partial charge < -0.3 is 10.6 Å². The fourth-order valence-electron chi connectivity index (χ4n) is 0.157. The van der Waals surface area contributed by atoms with Crippen molar-refractivity contribution in [3.63, 3.8) is 0 Å². The van der Waals surface area contributed by atoms with Crippen molar-refractivity contribution in [2.24, 2.45) is 10.9 Å². The number of nitrogens with zero attached hydrogens (tertiary/aromatic N) is 1. The van der Waals surface area contributed by atoms with Crippen LogP contribution >= 0.6 is 0 Å². The minimum atomic E-state index is -0.0139. The van der Waals surface area contributed by atoms with Gasteiger partial charge in [0.1, 0.15) is 7.11 Å². The molecule has 2 N–H and O–H groups in total. The molecule has 42 valence electrons. The van der Waals surface area contributed by atoms with Crippen LogP contribution in [0.3, 0.4) is 0 Å². The summed E-state index contributed by atoms with van der Waals surface area (Å²) in [6.45, 7) is 1.82. The first-order valence-electron chi connectivity index (χ1n) is 2.09. The van der Waals surface area contributed by atoms with Gasteiger partial charge in [-0.2, -0.15) is 0 Å². The molecule has 0 aliphatic heterocycles.